The fraction of sp³-hybridized carbons (Fsp3) is 0.409. The van der Waals surface area contributed by atoms with Gasteiger partial charge >= 0.3 is 6.18 Å². The molecule has 0 spiro atoms. The van der Waals surface area contributed by atoms with Crippen LogP contribution in [0.3, 0.4) is 0 Å². The average molecular weight is 472 g/mol. The monoisotopic (exact) mass is 472 g/mol. The Balaban J connectivity index is 2.07. The van der Waals surface area contributed by atoms with E-state index >= 15 is 0 Å². The van der Waals surface area contributed by atoms with Crippen molar-refractivity contribution in [2.75, 3.05) is 12.4 Å². The number of aromatic nitrogens is 1. The molecule has 1 saturated heterocycles. The zero-order valence-corrected chi connectivity index (χ0v) is 18.1. The minimum absolute atomic E-state index is 0.0347. The number of nitrogens with zero attached hydrogens (tertiary/aromatic N) is 1. The zero-order valence-electron chi connectivity index (χ0n) is 18.1. The van der Waals surface area contributed by atoms with Crippen molar-refractivity contribution in [1.82, 2.24) is 4.98 Å². The van der Waals surface area contributed by atoms with Crippen LogP contribution in [0.15, 0.2) is 30.5 Å². The van der Waals surface area contributed by atoms with Gasteiger partial charge in [-0.1, -0.05) is 13.0 Å². The summed E-state index contributed by atoms with van der Waals surface area (Å²) in [6.45, 7) is 3.27. The lowest BCUT2D eigenvalue weighted by Gasteiger charge is -2.32. The van der Waals surface area contributed by atoms with Crippen molar-refractivity contribution in [3.8, 4) is 5.75 Å². The Kier molecular flexibility index (Phi) is 6.47. The van der Waals surface area contributed by atoms with Gasteiger partial charge in [0.15, 0.2) is 23.0 Å². The molecule has 1 aliphatic rings. The Hall–Kier alpha value is -3.08. The van der Waals surface area contributed by atoms with E-state index in [1.165, 1.54) is 32.2 Å². The number of hydrogen-bond donors (Lipinski definition) is 1. The maximum absolute atomic E-state index is 14.4. The van der Waals surface area contributed by atoms with Crippen molar-refractivity contribution < 1.29 is 41.0 Å². The highest BCUT2D eigenvalue weighted by Gasteiger charge is 2.65. The largest absolute Gasteiger partial charge is 0.493 e. The third-order valence-corrected chi connectivity index (χ3v) is 5.96. The molecule has 0 bridgehead atoms. The molecule has 33 heavy (non-hydrogen) atoms. The first-order valence-corrected chi connectivity index (χ1v) is 9.86. The Morgan fingerprint density at radius 2 is 1.88 bits per heavy atom. The fourth-order valence-electron chi connectivity index (χ4n) is 3.95. The van der Waals surface area contributed by atoms with E-state index in [1.807, 2.05) is 0 Å². The molecule has 178 valence electrons. The third-order valence-electron chi connectivity index (χ3n) is 5.96. The lowest BCUT2D eigenvalue weighted by Crippen LogP contribution is -2.47. The maximum Gasteiger partial charge on any atom is 0.417 e. The number of carbonyl (C=O) groups is 2. The second-order valence-electron chi connectivity index (χ2n) is 7.92. The van der Waals surface area contributed by atoms with Gasteiger partial charge in [0.1, 0.15) is 11.8 Å². The van der Waals surface area contributed by atoms with Crippen molar-refractivity contribution in [1.29, 1.82) is 0 Å². The van der Waals surface area contributed by atoms with Crippen molar-refractivity contribution in [2.45, 2.75) is 44.6 Å². The summed E-state index contributed by atoms with van der Waals surface area (Å²) in [5.74, 6) is -7.31. The number of amides is 1. The van der Waals surface area contributed by atoms with Crippen LogP contribution < -0.4 is 10.1 Å². The summed E-state index contributed by atoms with van der Waals surface area (Å²) < 4.78 is 80.2. The second-order valence-corrected chi connectivity index (χ2v) is 7.92. The molecule has 0 radical (unpaired) electrons. The number of anilines is 1. The third kappa shape index (κ3) is 4.29. The van der Waals surface area contributed by atoms with Gasteiger partial charge in [0, 0.05) is 36.2 Å². The maximum atomic E-state index is 14.4. The number of benzene rings is 1. The van der Waals surface area contributed by atoms with Gasteiger partial charge in [-0.25, -0.2) is 4.39 Å². The molecular formula is C22H21F5N2O4. The van der Waals surface area contributed by atoms with E-state index < -0.39 is 53.0 Å². The summed E-state index contributed by atoms with van der Waals surface area (Å²) >= 11 is 0. The van der Waals surface area contributed by atoms with Crippen molar-refractivity contribution >= 4 is 17.4 Å². The summed E-state index contributed by atoms with van der Waals surface area (Å²) in [4.78, 5) is 28.5. The molecule has 6 nitrogen and oxygen atoms in total. The summed E-state index contributed by atoms with van der Waals surface area (Å²) in [6.07, 6.45) is -5.36. The van der Waals surface area contributed by atoms with Crippen LogP contribution in [0.2, 0.25) is 0 Å². The molecule has 1 N–H and O–H groups in total. The van der Waals surface area contributed by atoms with E-state index in [1.54, 1.807) is 0 Å². The quantitative estimate of drug-likeness (QED) is 0.507. The summed E-state index contributed by atoms with van der Waals surface area (Å²) in [6, 6.07) is 4.43. The molecule has 0 saturated carbocycles. The molecule has 0 unspecified atom stereocenters. The van der Waals surface area contributed by atoms with E-state index in [-0.39, 0.29) is 22.7 Å². The van der Waals surface area contributed by atoms with E-state index in [4.69, 9.17) is 9.47 Å². The molecule has 0 aliphatic carbocycles. The molecule has 2 heterocycles. The molecule has 1 fully saturated rings. The number of nitrogens with one attached hydrogen (secondary N) is 1. The predicted octanol–water partition coefficient (Wildman–Crippen LogP) is 4.65. The van der Waals surface area contributed by atoms with Crippen LogP contribution in [0, 0.1) is 17.6 Å². The van der Waals surface area contributed by atoms with Gasteiger partial charge < -0.3 is 14.8 Å². The van der Waals surface area contributed by atoms with Gasteiger partial charge in [-0.05, 0) is 25.1 Å². The van der Waals surface area contributed by atoms with Gasteiger partial charge in [-0.3, -0.25) is 14.6 Å². The van der Waals surface area contributed by atoms with Crippen molar-refractivity contribution in [3.63, 3.8) is 0 Å². The molecule has 3 rings (SSSR count). The van der Waals surface area contributed by atoms with Crippen LogP contribution in [-0.2, 0) is 9.53 Å². The first-order valence-electron chi connectivity index (χ1n) is 9.86. The van der Waals surface area contributed by atoms with Gasteiger partial charge in [-0.2, -0.15) is 17.6 Å². The van der Waals surface area contributed by atoms with E-state index in [9.17, 15) is 31.5 Å². The van der Waals surface area contributed by atoms with Gasteiger partial charge in [0.2, 0.25) is 5.82 Å². The highest BCUT2D eigenvalue weighted by molar-refractivity contribution is 5.97. The predicted molar refractivity (Wildman–Crippen MR) is 107 cm³/mol. The second kappa shape index (κ2) is 8.69. The minimum Gasteiger partial charge on any atom is -0.493 e. The van der Waals surface area contributed by atoms with Crippen LogP contribution in [-0.4, -0.2) is 41.7 Å². The Bertz CT molecular complexity index is 1090. The van der Waals surface area contributed by atoms with E-state index in [0.29, 0.717) is 0 Å². The number of pyridine rings is 1. The first kappa shape index (κ1) is 24.6. The Morgan fingerprint density at radius 3 is 2.45 bits per heavy atom. The lowest BCUT2D eigenvalue weighted by molar-refractivity contribution is -0.272. The van der Waals surface area contributed by atoms with Gasteiger partial charge in [-0.15, -0.1) is 0 Å². The number of alkyl halides is 3. The van der Waals surface area contributed by atoms with E-state index in [2.05, 4.69) is 10.3 Å². The number of ether oxygens (including phenoxy) is 2. The van der Waals surface area contributed by atoms with Crippen LogP contribution >= 0.6 is 0 Å². The average Bonchev–Trinajstić information content (AvgIpc) is 3.02. The zero-order chi connectivity index (χ0) is 24.7. The summed E-state index contributed by atoms with van der Waals surface area (Å²) in [7, 11) is 1.04. The summed E-state index contributed by atoms with van der Waals surface area (Å²) in [5.41, 5.74) is -2.77. The Morgan fingerprint density at radius 1 is 1.21 bits per heavy atom. The standard InChI is InChI=1S/C22H21F5N2O4/c1-10-16(13-5-6-14(23)17(24)18(13)32-4)19(33-21(10,3)22(25,26)27)20(31)29-12-7-8-28-15(9-12)11(2)30/h5-10,16,19H,1-4H3,(H,28,29,31)/t10-,16-,19+,21+/m1/s1. The topological polar surface area (TPSA) is 77.5 Å². The van der Waals surface area contributed by atoms with Gasteiger partial charge in [0.05, 0.1) is 7.11 Å². The highest BCUT2D eigenvalue weighted by atomic mass is 19.4. The molecule has 1 aromatic carbocycles. The highest BCUT2D eigenvalue weighted by Crippen LogP contribution is 2.55. The van der Waals surface area contributed by atoms with Crippen LogP contribution in [0.4, 0.5) is 27.6 Å². The molecule has 1 aliphatic heterocycles. The SMILES string of the molecule is COc1c([C@@H]2[C@@H](C(=O)Nc3ccnc(C(C)=O)c3)O[C@](C)(C(F)(F)F)[C@@H]2C)ccc(F)c1F. The summed E-state index contributed by atoms with van der Waals surface area (Å²) in [5, 5.41) is 2.42. The molecule has 11 heteroatoms. The number of Topliss-reactive ketones (excluding diaryl/α,β-unsaturated/α-hetero) is 1. The number of hydrogen-bond acceptors (Lipinski definition) is 5. The number of methoxy groups -OCH3 is 1. The van der Waals surface area contributed by atoms with Crippen molar-refractivity contribution in [2.24, 2.45) is 5.92 Å². The van der Waals surface area contributed by atoms with E-state index in [0.717, 1.165) is 26.2 Å². The molecule has 4 atom stereocenters. The van der Waals surface area contributed by atoms with Crippen LogP contribution in [0.1, 0.15) is 42.7 Å². The van der Waals surface area contributed by atoms with Crippen LogP contribution in [0.25, 0.3) is 0 Å². The van der Waals surface area contributed by atoms with Crippen LogP contribution in [0.5, 0.6) is 5.75 Å². The number of ketones is 1. The lowest BCUT2D eigenvalue weighted by atomic mass is 9.77. The number of rotatable bonds is 5. The Labute approximate surface area is 186 Å². The molecule has 1 aromatic heterocycles. The first-order chi connectivity index (χ1) is 15.3. The normalized spacial score (nSPS) is 25.1. The van der Waals surface area contributed by atoms with Gasteiger partial charge in [0.25, 0.3) is 5.91 Å². The number of halogens is 5. The molecular weight excluding hydrogens is 451 g/mol. The number of carbonyl (C=O) groups excluding carboxylic acids is 2. The van der Waals surface area contributed by atoms with Crippen molar-refractivity contribution in [3.05, 3.63) is 53.4 Å². The fourth-order valence-corrected chi connectivity index (χ4v) is 3.95. The smallest absolute Gasteiger partial charge is 0.417 e. The molecule has 2 aromatic rings. The minimum atomic E-state index is -4.87. The molecule has 1 amide bonds.